The van der Waals surface area contributed by atoms with E-state index in [9.17, 15) is 13.2 Å². The van der Waals surface area contributed by atoms with Crippen molar-refractivity contribution in [2.75, 3.05) is 11.0 Å². The van der Waals surface area contributed by atoms with Crippen LogP contribution in [0.4, 0.5) is 5.69 Å². The number of nitrogens with one attached hydrogen (secondary N) is 2. The third kappa shape index (κ3) is 4.83. The highest BCUT2D eigenvalue weighted by Gasteiger charge is 2.23. The van der Waals surface area contributed by atoms with Crippen molar-refractivity contribution < 1.29 is 13.2 Å². The van der Waals surface area contributed by atoms with Crippen LogP contribution >= 0.6 is 23.2 Å². The molecule has 2 aromatic carbocycles. The van der Waals surface area contributed by atoms with Gasteiger partial charge in [-0.2, -0.15) is 0 Å². The van der Waals surface area contributed by atoms with E-state index >= 15 is 0 Å². The molecule has 0 aliphatic heterocycles. The molecule has 2 N–H and O–H groups in total. The van der Waals surface area contributed by atoms with Crippen molar-refractivity contribution in [2.24, 2.45) is 0 Å². The van der Waals surface area contributed by atoms with Gasteiger partial charge in [-0.25, -0.2) is 8.42 Å². The van der Waals surface area contributed by atoms with Gasteiger partial charge in [0.25, 0.3) is 0 Å². The Hall–Kier alpha value is -2.28. The maximum absolute atomic E-state index is 12.9. The van der Waals surface area contributed by atoms with E-state index < -0.39 is 10.0 Å². The maximum atomic E-state index is 12.9. The van der Waals surface area contributed by atoms with Crippen LogP contribution in [0.15, 0.2) is 48.5 Å². The topological polar surface area (TPSA) is 79.0 Å². The number of hydrogen-bond donors (Lipinski definition) is 2. The van der Waals surface area contributed by atoms with Gasteiger partial charge >= 0.3 is 0 Å². The van der Waals surface area contributed by atoms with E-state index in [0.717, 1.165) is 17.5 Å². The first-order valence-electron chi connectivity index (χ1n) is 8.83. The standard InChI is InChI=1S/C21H20Cl2N2O3S/c1-12(14-6-10-17(11-7-14)25-29(3,27)28)19-18(23)13(2)20(24-19)21(26)15-4-8-16(22)9-5-15/h4-12,24-25H,1-3H3. The predicted octanol–water partition coefficient (Wildman–Crippen LogP) is 5.38. The van der Waals surface area contributed by atoms with E-state index in [1.807, 2.05) is 19.1 Å². The molecule has 3 rings (SSSR count). The quantitative estimate of drug-likeness (QED) is 0.494. The second-order valence-corrected chi connectivity index (χ2v) is 9.47. The molecule has 1 atom stereocenters. The van der Waals surface area contributed by atoms with Crippen molar-refractivity contribution in [3.63, 3.8) is 0 Å². The summed E-state index contributed by atoms with van der Waals surface area (Å²) < 4.78 is 25.1. The Kier molecular flexibility index (Phi) is 6.08. The van der Waals surface area contributed by atoms with Gasteiger partial charge in [-0.15, -0.1) is 0 Å². The van der Waals surface area contributed by atoms with Crippen LogP contribution in [0, 0.1) is 6.92 Å². The molecule has 0 amide bonds. The van der Waals surface area contributed by atoms with Crippen LogP contribution in [0.3, 0.4) is 0 Å². The number of benzene rings is 2. The van der Waals surface area contributed by atoms with Gasteiger partial charge in [0.2, 0.25) is 15.8 Å². The van der Waals surface area contributed by atoms with Gasteiger partial charge in [0.15, 0.2) is 0 Å². The molecule has 152 valence electrons. The van der Waals surface area contributed by atoms with Crippen molar-refractivity contribution in [3.8, 4) is 0 Å². The van der Waals surface area contributed by atoms with E-state index in [-0.39, 0.29) is 11.7 Å². The zero-order valence-electron chi connectivity index (χ0n) is 16.1. The zero-order chi connectivity index (χ0) is 21.3. The van der Waals surface area contributed by atoms with Crippen molar-refractivity contribution in [1.82, 2.24) is 4.98 Å². The fourth-order valence-corrected chi connectivity index (χ4v) is 4.08. The Bertz CT molecular complexity index is 1150. The van der Waals surface area contributed by atoms with E-state index in [1.165, 1.54) is 0 Å². The fraction of sp³-hybridized carbons (Fsp3) is 0.190. The number of halogens is 2. The van der Waals surface area contributed by atoms with Crippen molar-refractivity contribution in [3.05, 3.63) is 86.7 Å². The van der Waals surface area contributed by atoms with Gasteiger partial charge in [-0.1, -0.05) is 42.3 Å². The Morgan fingerprint density at radius 3 is 2.17 bits per heavy atom. The highest BCUT2D eigenvalue weighted by atomic mass is 35.5. The molecule has 0 saturated carbocycles. The predicted molar refractivity (Wildman–Crippen MR) is 118 cm³/mol. The second kappa shape index (κ2) is 8.22. The lowest BCUT2D eigenvalue weighted by Gasteiger charge is -2.12. The number of rotatable bonds is 6. The molecule has 5 nitrogen and oxygen atoms in total. The molecular formula is C21H20Cl2N2O3S. The van der Waals surface area contributed by atoms with Gasteiger partial charge in [-0.3, -0.25) is 9.52 Å². The molecule has 3 aromatic rings. The minimum atomic E-state index is -3.33. The summed E-state index contributed by atoms with van der Waals surface area (Å²) in [7, 11) is -3.33. The summed E-state index contributed by atoms with van der Waals surface area (Å²) in [6, 6.07) is 13.7. The molecule has 0 bridgehead atoms. The molecule has 1 unspecified atom stereocenters. The number of ketones is 1. The number of hydrogen-bond acceptors (Lipinski definition) is 3. The van der Waals surface area contributed by atoms with E-state index in [2.05, 4.69) is 9.71 Å². The largest absolute Gasteiger partial charge is 0.354 e. The third-order valence-electron chi connectivity index (χ3n) is 4.68. The molecule has 29 heavy (non-hydrogen) atoms. The Morgan fingerprint density at radius 2 is 1.62 bits per heavy atom. The molecule has 1 aromatic heterocycles. The van der Waals surface area contributed by atoms with Gasteiger partial charge in [0.1, 0.15) is 0 Å². The first-order valence-corrected chi connectivity index (χ1v) is 11.5. The van der Waals surface area contributed by atoms with Crippen molar-refractivity contribution in [2.45, 2.75) is 19.8 Å². The van der Waals surface area contributed by atoms with Crippen LogP contribution in [-0.4, -0.2) is 25.4 Å². The van der Waals surface area contributed by atoms with Crippen LogP contribution in [0.5, 0.6) is 0 Å². The van der Waals surface area contributed by atoms with Gasteiger partial charge in [-0.05, 0) is 54.4 Å². The molecule has 0 radical (unpaired) electrons. The maximum Gasteiger partial charge on any atom is 0.229 e. The lowest BCUT2D eigenvalue weighted by Crippen LogP contribution is -2.09. The Morgan fingerprint density at radius 1 is 1.03 bits per heavy atom. The van der Waals surface area contributed by atoms with Crippen LogP contribution in [0.1, 0.15) is 45.7 Å². The molecule has 0 fully saturated rings. The van der Waals surface area contributed by atoms with E-state index in [4.69, 9.17) is 23.2 Å². The smallest absolute Gasteiger partial charge is 0.229 e. The van der Waals surface area contributed by atoms with Crippen LogP contribution in [0.2, 0.25) is 10.0 Å². The third-order valence-corrected chi connectivity index (χ3v) is 6.03. The molecule has 8 heteroatoms. The molecular weight excluding hydrogens is 431 g/mol. The normalized spacial score (nSPS) is 12.6. The van der Waals surface area contributed by atoms with Crippen LogP contribution in [0.25, 0.3) is 0 Å². The molecule has 0 spiro atoms. The van der Waals surface area contributed by atoms with Gasteiger partial charge in [0, 0.05) is 27.9 Å². The zero-order valence-corrected chi connectivity index (χ0v) is 18.4. The summed E-state index contributed by atoms with van der Waals surface area (Å²) >= 11 is 12.4. The molecule has 0 aliphatic rings. The number of aromatic amines is 1. The minimum Gasteiger partial charge on any atom is -0.354 e. The summed E-state index contributed by atoms with van der Waals surface area (Å²) in [6.45, 7) is 3.77. The van der Waals surface area contributed by atoms with Crippen LogP contribution < -0.4 is 4.72 Å². The van der Waals surface area contributed by atoms with E-state index in [1.54, 1.807) is 43.3 Å². The number of sulfonamides is 1. The lowest BCUT2D eigenvalue weighted by atomic mass is 9.97. The number of carbonyl (C=O) groups excluding carboxylic acids is 1. The average molecular weight is 451 g/mol. The number of carbonyl (C=O) groups is 1. The molecule has 1 heterocycles. The van der Waals surface area contributed by atoms with E-state index in [0.29, 0.717) is 32.6 Å². The highest BCUT2D eigenvalue weighted by Crippen LogP contribution is 2.34. The minimum absolute atomic E-state index is 0.125. The average Bonchev–Trinajstić information content (AvgIpc) is 2.96. The molecule has 0 aliphatic carbocycles. The molecule has 0 saturated heterocycles. The number of H-pyrrole nitrogens is 1. The lowest BCUT2D eigenvalue weighted by molar-refractivity contribution is 0.103. The summed E-state index contributed by atoms with van der Waals surface area (Å²) in [4.78, 5) is 16.1. The van der Waals surface area contributed by atoms with Crippen molar-refractivity contribution >= 4 is 44.7 Å². The number of aromatic nitrogens is 1. The fourth-order valence-electron chi connectivity index (χ4n) is 3.09. The Balaban J connectivity index is 1.90. The first-order chi connectivity index (χ1) is 13.6. The summed E-state index contributed by atoms with van der Waals surface area (Å²) in [6.07, 6.45) is 1.10. The SMILES string of the molecule is Cc1c(C(=O)c2ccc(Cl)cc2)[nH]c(C(C)c2ccc(NS(C)(=O)=O)cc2)c1Cl. The summed E-state index contributed by atoms with van der Waals surface area (Å²) in [5.74, 6) is -0.285. The van der Waals surface area contributed by atoms with Gasteiger partial charge in [0.05, 0.1) is 17.0 Å². The van der Waals surface area contributed by atoms with Crippen molar-refractivity contribution in [1.29, 1.82) is 0 Å². The second-order valence-electron chi connectivity index (χ2n) is 6.91. The van der Waals surface area contributed by atoms with Crippen LogP contribution in [-0.2, 0) is 10.0 Å². The Labute approximate surface area is 180 Å². The summed E-state index contributed by atoms with van der Waals surface area (Å²) in [5, 5.41) is 1.07. The summed E-state index contributed by atoms with van der Waals surface area (Å²) in [5.41, 5.74) is 3.78. The highest BCUT2D eigenvalue weighted by molar-refractivity contribution is 7.92. The van der Waals surface area contributed by atoms with Gasteiger partial charge < -0.3 is 4.98 Å². The monoisotopic (exact) mass is 450 g/mol. The number of anilines is 1. The first kappa shape index (κ1) is 21.4.